The first-order chi connectivity index (χ1) is 15.8. The maximum atomic E-state index is 12.6. The number of ether oxygens (including phenoxy) is 3. The molecular weight excluding hydrogens is 436 g/mol. The Labute approximate surface area is 190 Å². The van der Waals surface area contributed by atoms with Gasteiger partial charge in [0, 0.05) is 11.7 Å². The van der Waals surface area contributed by atoms with E-state index in [1.807, 2.05) is 18.4 Å². The van der Waals surface area contributed by atoms with Crippen LogP contribution < -0.4 is 14.8 Å². The van der Waals surface area contributed by atoms with Crippen LogP contribution in [0.1, 0.15) is 58.9 Å². The molecule has 0 atom stereocenters. The minimum atomic E-state index is -3.05. The number of nitriles is 1. The van der Waals surface area contributed by atoms with Crippen LogP contribution >= 0.6 is 0 Å². The average Bonchev–Trinajstić information content (AvgIpc) is 3.38. The first kappa shape index (κ1) is 24.0. The van der Waals surface area contributed by atoms with Gasteiger partial charge < -0.3 is 24.1 Å². The second-order valence-corrected chi connectivity index (χ2v) is 7.72. The summed E-state index contributed by atoms with van der Waals surface area (Å²) >= 11 is 0. The normalized spacial score (nSPS) is 13.6. The molecule has 1 N–H and O–H groups in total. The lowest BCUT2D eigenvalue weighted by molar-refractivity contribution is -0.119. The van der Waals surface area contributed by atoms with Crippen molar-refractivity contribution >= 4 is 17.7 Å². The van der Waals surface area contributed by atoms with Crippen LogP contribution in [0.15, 0.2) is 18.2 Å². The van der Waals surface area contributed by atoms with Gasteiger partial charge in [-0.05, 0) is 50.5 Å². The fraction of sp³-hybridized carbons (Fsp3) is 0.435. The summed E-state index contributed by atoms with van der Waals surface area (Å²) in [7, 11) is 1.24. The van der Waals surface area contributed by atoms with Gasteiger partial charge in [-0.3, -0.25) is 4.79 Å². The smallest absolute Gasteiger partial charge is 0.387 e. The summed E-state index contributed by atoms with van der Waals surface area (Å²) < 4.78 is 41.3. The molecule has 3 rings (SSSR count). The molecule has 2 aromatic rings. The molecule has 0 bridgehead atoms. The van der Waals surface area contributed by atoms with Crippen LogP contribution in [0.4, 0.5) is 14.6 Å². The lowest BCUT2D eigenvalue weighted by atomic mass is 10.2. The molecule has 0 unspecified atom stereocenters. The third kappa shape index (κ3) is 5.25. The third-order valence-electron chi connectivity index (χ3n) is 5.77. The number of hydrogen-bond acceptors (Lipinski definition) is 6. The third-order valence-corrected chi connectivity index (χ3v) is 5.77. The van der Waals surface area contributed by atoms with E-state index in [0.29, 0.717) is 11.4 Å². The van der Waals surface area contributed by atoms with Gasteiger partial charge in [-0.15, -0.1) is 0 Å². The van der Waals surface area contributed by atoms with Gasteiger partial charge in [-0.25, -0.2) is 4.79 Å². The highest BCUT2D eigenvalue weighted by Crippen LogP contribution is 2.37. The van der Waals surface area contributed by atoms with Gasteiger partial charge in [0.1, 0.15) is 11.9 Å². The largest absolute Gasteiger partial charge is 0.493 e. The van der Waals surface area contributed by atoms with E-state index in [9.17, 15) is 23.6 Å². The number of rotatable bonds is 8. The number of aromatic nitrogens is 1. The number of methoxy groups -OCH3 is 1. The Morgan fingerprint density at radius 3 is 2.55 bits per heavy atom. The number of carbonyl (C=O) groups excluding carboxylic acids is 2. The van der Waals surface area contributed by atoms with Crippen LogP contribution in [0.2, 0.25) is 0 Å². The second-order valence-electron chi connectivity index (χ2n) is 7.72. The van der Waals surface area contributed by atoms with Gasteiger partial charge in [-0.1, -0.05) is 12.8 Å². The summed E-state index contributed by atoms with van der Waals surface area (Å²) in [5.74, 6) is -1.33. The number of halogens is 2. The predicted molar refractivity (Wildman–Crippen MR) is 115 cm³/mol. The van der Waals surface area contributed by atoms with Gasteiger partial charge in [0.05, 0.1) is 18.2 Å². The SMILES string of the molecule is COc1cc(C(=O)OCC(=O)Nc2c(C#N)c(C)c(C)n2C2CCCC2)ccc1OC(F)F. The highest BCUT2D eigenvalue weighted by atomic mass is 19.3. The molecule has 1 amide bonds. The molecule has 1 aromatic heterocycles. The average molecular weight is 461 g/mol. The summed E-state index contributed by atoms with van der Waals surface area (Å²) in [4.78, 5) is 24.9. The van der Waals surface area contributed by atoms with E-state index < -0.39 is 25.1 Å². The summed E-state index contributed by atoms with van der Waals surface area (Å²) in [5, 5.41) is 12.3. The molecule has 0 aliphatic heterocycles. The Kier molecular flexibility index (Phi) is 7.53. The van der Waals surface area contributed by atoms with Crippen molar-refractivity contribution in [3.8, 4) is 17.6 Å². The number of amides is 1. The molecule has 0 spiro atoms. The first-order valence-electron chi connectivity index (χ1n) is 10.5. The Bertz CT molecular complexity index is 1080. The van der Waals surface area contributed by atoms with Gasteiger partial charge in [-0.2, -0.15) is 14.0 Å². The fourth-order valence-corrected chi connectivity index (χ4v) is 4.08. The summed E-state index contributed by atoms with van der Waals surface area (Å²) in [6.45, 7) is 0.118. The Morgan fingerprint density at radius 1 is 1.24 bits per heavy atom. The number of benzene rings is 1. The molecule has 1 aromatic carbocycles. The van der Waals surface area contributed by atoms with Gasteiger partial charge in [0.25, 0.3) is 5.91 Å². The molecule has 10 heteroatoms. The van der Waals surface area contributed by atoms with Crippen molar-refractivity contribution in [1.29, 1.82) is 5.26 Å². The highest BCUT2D eigenvalue weighted by Gasteiger charge is 2.27. The first-order valence-corrected chi connectivity index (χ1v) is 10.5. The van der Waals surface area contributed by atoms with Crippen molar-refractivity contribution in [3.05, 3.63) is 40.6 Å². The van der Waals surface area contributed by atoms with Crippen LogP contribution in [-0.4, -0.2) is 36.8 Å². The Balaban J connectivity index is 1.70. The van der Waals surface area contributed by atoms with Crippen LogP contribution in [0.5, 0.6) is 11.5 Å². The van der Waals surface area contributed by atoms with E-state index in [1.54, 1.807) is 0 Å². The Hall–Kier alpha value is -3.61. The van der Waals surface area contributed by atoms with Gasteiger partial charge >= 0.3 is 12.6 Å². The van der Waals surface area contributed by atoms with Gasteiger partial charge in [0.15, 0.2) is 18.1 Å². The van der Waals surface area contributed by atoms with E-state index in [1.165, 1.54) is 19.2 Å². The van der Waals surface area contributed by atoms with Crippen LogP contribution in [0.3, 0.4) is 0 Å². The van der Waals surface area contributed by atoms with Crippen LogP contribution in [-0.2, 0) is 9.53 Å². The molecule has 0 radical (unpaired) electrons. The maximum absolute atomic E-state index is 12.6. The number of anilines is 1. The topological polar surface area (TPSA) is 103 Å². The van der Waals surface area contributed by atoms with Crippen LogP contribution in [0.25, 0.3) is 0 Å². The van der Waals surface area contributed by atoms with Crippen molar-refractivity contribution in [2.45, 2.75) is 52.2 Å². The minimum Gasteiger partial charge on any atom is -0.493 e. The second kappa shape index (κ2) is 10.3. The van der Waals surface area contributed by atoms with Crippen molar-refractivity contribution in [1.82, 2.24) is 4.57 Å². The number of hydrogen-bond donors (Lipinski definition) is 1. The van der Waals surface area contributed by atoms with E-state index in [4.69, 9.17) is 9.47 Å². The molecule has 33 heavy (non-hydrogen) atoms. The summed E-state index contributed by atoms with van der Waals surface area (Å²) in [5.41, 5.74) is 2.11. The summed E-state index contributed by atoms with van der Waals surface area (Å²) in [6, 6.07) is 5.92. The Morgan fingerprint density at radius 2 is 1.94 bits per heavy atom. The standard InChI is InChI=1S/C23H25F2N3O5/c1-13-14(2)28(16-6-4-5-7-16)21(17(13)11-26)27-20(29)12-32-22(30)15-8-9-18(33-23(24)25)19(10-15)31-3/h8-10,16,23H,4-7,12H2,1-3H3,(H,27,29). The molecular formula is C23H25F2N3O5. The monoisotopic (exact) mass is 461 g/mol. The molecule has 1 aliphatic rings. The molecule has 0 saturated heterocycles. The van der Waals surface area contributed by atoms with Crippen LogP contribution in [0, 0.1) is 25.2 Å². The van der Waals surface area contributed by atoms with E-state index >= 15 is 0 Å². The molecule has 8 nitrogen and oxygen atoms in total. The zero-order valence-corrected chi connectivity index (χ0v) is 18.6. The van der Waals surface area contributed by atoms with Crippen molar-refractivity contribution in [3.63, 3.8) is 0 Å². The molecule has 176 valence electrons. The predicted octanol–water partition coefficient (Wildman–Crippen LogP) is 4.50. The lowest BCUT2D eigenvalue weighted by Gasteiger charge is -2.19. The summed E-state index contributed by atoms with van der Waals surface area (Å²) in [6.07, 6.45) is 4.09. The zero-order chi connectivity index (χ0) is 24.1. The number of alkyl halides is 2. The fourth-order valence-electron chi connectivity index (χ4n) is 4.08. The van der Waals surface area contributed by atoms with E-state index in [0.717, 1.165) is 43.0 Å². The lowest BCUT2D eigenvalue weighted by Crippen LogP contribution is -2.24. The zero-order valence-electron chi connectivity index (χ0n) is 18.6. The molecule has 1 heterocycles. The minimum absolute atomic E-state index is 0.000000124. The van der Waals surface area contributed by atoms with Crippen molar-refractivity contribution in [2.24, 2.45) is 0 Å². The number of nitrogens with one attached hydrogen (secondary N) is 1. The highest BCUT2D eigenvalue weighted by molar-refractivity contribution is 5.96. The molecule has 1 aliphatic carbocycles. The number of nitrogens with zero attached hydrogens (tertiary/aromatic N) is 2. The number of esters is 1. The van der Waals surface area contributed by atoms with Crippen molar-refractivity contribution < 1.29 is 32.6 Å². The van der Waals surface area contributed by atoms with Crippen molar-refractivity contribution in [2.75, 3.05) is 19.0 Å². The van der Waals surface area contributed by atoms with E-state index in [-0.39, 0.29) is 23.1 Å². The quantitative estimate of drug-likeness (QED) is 0.581. The molecule has 1 saturated carbocycles. The van der Waals surface area contributed by atoms with Gasteiger partial charge in [0.2, 0.25) is 0 Å². The molecule has 1 fully saturated rings. The maximum Gasteiger partial charge on any atom is 0.387 e. The number of carbonyl (C=O) groups is 2. The van der Waals surface area contributed by atoms with E-state index in [2.05, 4.69) is 16.1 Å².